The van der Waals surface area contributed by atoms with Gasteiger partial charge in [-0.25, -0.2) is 9.37 Å². The fourth-order valence-electron chi connectivity index (χ4n) is 5.75. The second-order valence-corrected chi connectivity index (χ2v) is 10.0. The average molecular weight is 453 g/mol. The highest BCUT2D eigenvalue weighted by Gasteiger charge is 2.59. The minimum atomic E-state index is -0.245. The Balaban J connectivity index is 1.03. The van der Waals surface area contributed by atoms with E-state index in [-0.39, 0.29) is 41.3 Å². The largest absolute Gasteiger partial charge is 0.346 e. The van der Waals surface area contributed by atoms with Gasteiger partial charge in [0, 0.05) is 50.2 Å². The second kappa shape index (κ2) is 7.78. The molecule has 8 heteroatoms. The Hall–Kier alpha value is -2.58. The smallest absolute Gasteiger partial charge is 0.233 e. The van der Waals surface area contributed by atoms with Gasteiger partial charge in [0.15, 0.2) is 5.13 Å². The summed E-state index contributed by atoms with van der Waals surface area (Å²) in [5.74, 6) is 0.188. The van der Waals surface area contributed by atoms with Crippen LogP contribution in [0.3, 0.4) is 0 Å². The molecule has 4 atom stereocenters. The number of piperazine rings is 1. The van der Waals surface area contributed by atoms with Crippen molar-refractivity contribution >= 4 is 28.3 Å². The molecular weight excluding hydrogens is 427 g/mol. The Morgan fingerprint density at radius 3 is 2.25 bits per heavy atom. The third-order valence-corrected chi connectivity index (χ3v) is 8.38. The highest BCUT2D eigenvalue weighted by Crippen LogP contribution is 2.52. The molecule has 3 fully saturated rings. The summed E-state index contributed by atoms with van der Waals surface area (Å²) in [6.45, 7) is 4.69. The molecule has 2 amide bonds. The molecular formula is C24H25FN4O2S. The van der Waals surface area contributed by atoms with Crippen molar-refractivity contribution in [2.75, 3.05) is 44.2 Å². The summed E-state index contributed by atoms with van der Waals surface area (Å²) < 4.78 is 13.2. The summed E-state index contributed by atoms with van der Waals surface area (Å²) in [6.07, 6.45) is 5.25. The molecule has 0 unspecified atom stereocenters. The van der Waals surface area contributed by atoms with E-state index in [1.54, 1.807) is 23.5 Å². The first-order valence-electron chi connectivity index (χ1n) is 11.3. The van der Waals surface area contributed by atoms with Crippen molar-refractivity contribution in [3.05, 3.63) is 47.6 Å². The van der Waals surface area contributed by atoms with Gasteiger partial charge >= 0.3 is 0 Å². The summed E-state index contributed by atoms with van der Waals surface area (Å²) >= 11 is 1.61. The van der Waals surface area contributed by atoms with E-state index in [9.17, 15) is 14.0 Å². The van der Waals surface area contributed by atoms with Crippen LogP contribution in [0, 0.1) is 29.5 Å². The maximum Gasteiger partial charge on any atom is 0.233 e. The molecule has 2 saturated heterocycles. The van der Waals surface area contributed by atoms with Crippen molar-refractivity contribution < 1.29 is 14.0 Å². The van der Waals surface area contributed by atoms with Gasteiger partial charge in [0.05, 0.1) is 17.5 Å². The summed E-state index contributed by atoms with van der Waals surface area (Å²) in [5.41, 5.74) is 1.79. The number of carbonyl (C=O) groups is 2. The number of likely N-dealkylation sites (tertiary alicyclic amines) is 1. The molecule has 1 aromatic heterocycles. The average Bonchev–Trinajstić information content (AvgIpc) is 3.59. The number of thiazole rings is 1. The number of imide groups is 1. The highest BCUT2D eigenvalue weighted by molar-refractivity contribution is 7.14. The van der Waals surface area contributed by atoms with Gasteiger partial charge in [0.25, 0.3) is 0 Å². The Bertz CT molecular complexity index is 1050. The molecule has 0 spiro atoms. The summed E-state index contributed by atoms with van der Waals surface area (Å²) in [5, 5.41) is 2.99. The zero-order valence-corrected chi connectivity index (χ0v) is 18.5. The molecule has 2 aliphatic heterocycles. The zero-order valence-electron chi connectivity index (χ0n) is 17.7. The lowest BCUT2D eigenvalue weighted by Gasteiger charge is -2.35. The van der Waals surface area contributed by atoms with E-state index in [0.29, 0.717) is 6.54 Å². The van der Waals surface area contributed by atoms with Crippen LogP contribution in [0.1, 0.15) is 6.42 Å². The maximum absolute atomic E-state index is 13.2. The Morgan fingerprint density at radius 1 is 0.938 bits per heavy atom. The van der Waals surface area contributed by atoms with Crippen LogP contribution in [-0.4, -0.2) is 65.9 Å². The van der Waals surface area contributed by atoms with Gasteiger partial charge in [-0.2, -0.15) is 0 Å². The first kappa shape index (κ1) is 20.1. The SMILES string of the molecule is O=C1[C@@H]2[C@H](C(=O)N1CCN1CCN(c3nc(-c4ccc(F)cc4)cs3)CC1)[C@@H]1C=C[C@H]2C1. The van der Waals surface area contributed by atoms with Crippen LogP contribution in [0.4, 0.5) is 9.52 Å². The van der Waals surface area contributed by atoms with E-state index < -0.39 is 0 Å². The van der Waals surface area contributed by atoms with Crippen molar-refractivity contribution in [2.24, 2.45) is 23.7 Å². The zero-order chi connectivity index (χ0) is 21.8. The van der Waals surface area contributed by atoms with E-state index in [0.717, 1.165) is 55.5 Å². The second-order valence-electron chi connectivity index (χ2n) is 9.18. The first-order valence-corrected chi connectivity index (χ1v) is 12.2. The van der Waals surface area contributed by atoms with Gasteiger partial charge in [0.2, 0.25) is 11.8 Å². The number of hydrogen-bond acceptors (Lipinski definition) is 6. The number of hydrogen-bond donors (Lipinski definition) is 0. The number of aromatic nitrogens is 1. The molecule has 3 heterocycles. The van der Waals surface area contributed by atoms with Gasteiger partial charge in [-0.15, -0.1) is 11.3 Å². The van der Waals surface area contributed by atoms with Gasteiger partial charge in [0.1, 0.15) is 5.82 Å². The molecule has 166 valence electrons. The molecule has 0 N–H and O–H groups in total. The van der Waals surface area contributed by atoms with Crippen molar-refractivity contribution in [1.82, 2.24) is 14.8 Å². The standard InChI is InChI=1S/C24H25FN4O2S/c25-18-5-3-15(4-6-18)19-14-32-24(26-19)28-10-7-27(8-11-28)9-12-29-22(30)20-16-1-2-17(13-16)21(20)23(29)31/h1-6,14,16-17,20-21H,7-13H2/t16-,17+,20-,21+. The lowest BCUT2D eigenvalue weighted by Crippen LogP contribution is -2.49. The third kappa shape index (κ3) is 3.28. The molecule has 4 aliphatic rings. The third-order valence-electron chi connectivity index (χ3n) is 7.48. The fraction of sp³-hybridized carbons (Fsp3) is 0.458. The van der Waals surface area contributed by atoms with Crippen molar-refractivity contribution in [2.45, 2.75) is 6.42 Å². The number of rotatable bonds is 5. The number of allylic oxidation sites excluding steroid dienone is 2. The summed E-state index contributed by atoms with van der Waals surface area (Å²) in [4.78, 5) is 36.6. The van der Waals surface area contributed by atoms with Gasteiger partial charge in [-0.1, -0.05) is 12.2 Å². The van der Waals surface area contributed by atoms with Crippen LogP contribution in [0.25, 0.3) is 11.3 Å². The minimum Gasteiger partial charge on any atom is -0.346 e. The number of amides is 2. The molecule has 32 heavy (non-hydrogen) atoms. The molecule has 2 aliphatic carbocycles. The maximum atomic E-state index is 13.2. The molecule has 6 nitrogen and oxygen atoms in total. The Labute approximate surface area is 190 Å². The van der Waals surface area contributed by atoms with Crippen LogP contribution >= 0.6 is 11.3 Å². The van der Waals surface area contributed by atoms with Crippen LogP contribution in [0.5, 0.6) is 0 Å². The number of fused-ring (bicyclic) bond motifs is 5. The van der Waals surface area contributed by atoms with E-state index >= 15 is 0 Å². The lowest BCUT2D eigenvalue weighted by atomic mass is 9.85. The highest BCUT2D eigenvalue weighted by atomic mass is 32.1. The van der Waals surface area contributed by atoms with Gasteiger partial charge in [-0.05, 0) is 42.5 Å². The van der Waals surface area contributed by atoms with Crippen LogP contribution in [0.2, 0.25) is 0 Å². The van der Waals surface area contributed by atoms with Gasteiger partial charge < -0.3 is 4.90 Å². The molecule has 0 radical (unpaired) electrons. The predicted molar refractivity (Wildman–Crippen MR) is 121 cm³/mol. The van der Waals surface area contributed by atoms with Crippen LogP contribution in [0.15, 0.2) is 41.8 Å². The van der Waals surface area contributed by atoms with Gasteiger partial charge in [-0.3, -0.25) is 19.4 Å². The topological polar surface area (TPSA) is 56.8 Å². The Morgan fingerprint density at radius 2 is 1.59 bits per heavy atom. The number of anilines is 1. The number of nitrogens with zero attached hydrogens (tertiary/aromatic N) is 4. The first-order chi connectivity index (χ1) is 15.6. The molecule has 2 bridgehead atoms. The van der Waals surface area contributed by atoms with Crippen LogP contribution < -0.4 is 4.90 Å². The molecule has 1 aromatic carbocycles. The predicted octanol–water partition coefficient (Wildman–Crippen LogP) is 2.88. The fourth-order valence-corrected chi connectivity index (χ4v) is 6.64. The number of halogens is 1. The summed E-state index contributed by atoms with van der Waals surface area (Å²) in [7, 11) is 0. The quantitative estimate of drug-likeness (QED) is 0.516. The molecule has 1 saturated carbocycles. The molecule has 2 aromatic rings. The lowest BCUT2D eigenvalue weighted by molar-refractivity contribution is -0.140. The van der Waals surface area contributed by atoms with E-state index in [2.05, 4.69) is 22.0 Å². The number of benzene rings is 1. The van der Waals surface area contributed by atoms with E-state index in [1.807, 2.05) is 5.38 Å². The number of carbonyl (C=O) groups excluding carboxylic acids is 2. The van der Waals surface area contributed by atoms with Crippen molar-refractivity contribution in [3.8, 4) is 11.3 Å². The Kier molecular flexibility index (Phi) is 4.87. The summed E-state index contributed by atoms with van der Waals surface area (Å²) in [6, 6.07) is 6.42. The van der Waals surface area contributed by atoms with E-state index in [1.165, 1.54) is 17.0 Å². The van der Waals surface area contributed by atoms with Crippen LogP contribution in [-0.2, 0) is 9.59 Å². The monoisotopic (exact) mass is 452 g/mol. The normalized spacial score (nSPS) is 29.4. The van der Waals surface area contributed by atoms with E-state index in [4.69, 9.17) is 4.98 Å². The minimum absolute atomic E-state index is 0.0478. The van der Waals surface area contributed by atoms with Crippen molar-refractivity contribution in [1.29, 1.82) is 0 Å². The molecule has 6 rings (SSSR count). The van der Waals surface area contributed by atoms with Crippen molar-refractivity contribution in [3.63, 3.8) is 0 Å².